The minimum atomic E-state index is 0.634. The highest BCUT2D eigenvalue weighted by Crippen LogP contribution is 2.30. The molecule has 0 heterocycles. The summed E-state index contributed by atoms with van der Waals surface area (Å²) in [6, 6.07) is 3.74. The maximum atomic E-state index is 5.27. The van der Waals surface area contributed by atoms with Crippen molar-refractivity contribution >= 4 is 13.9 Å². The Morgan fingerprint density at radius 1 is 0.929 bits per heavy atom. The van der Waals surface area contributed by atoms with Crippen molar-refractivity contribution in [3.63, 3.8) is 0 Å². The maximum Gasteiger partial charge on any atom is 0.133 e. The van der Waals surface area contributed by atoms with E-state index in [0.29, 0.717) is 8.58 Å². The molecule has 0 aliphatic heterocycles. The van der Waals surface area contributed by atoms with Gasteiger partial charge in [-0.2, -0.15) is 0 Å². The van der Waals surface area contributed by atoms with Gasteiger partial charge in [0.15, 0.2) is 0 Å². The van der Waals surface area contributed by atoms with Gasteiger partial charge in [0, 0.05) is 12.1 Å². The first-order chi connectivity index (χ1) is 6.76. The number of methoxy groups -OCH3 is 3. The van der Waals surface area contributed by atoms with Gasteiger partial charge in [0.05, 0.1) is 26.6 Å². The molecule has 3 nitrogen and oxygen atoms in total. The summed E-state index contributed by atoms with van der Waals surface area (Å²) >= 11 is 0. The zero-order chi connectivity index (χ0) is 10.6. The van der Waals surface area contributed by atoms with E-state index in [1.165, 1.54) is 0 Å². The van der Waals surface area contributed by atoms with Crippen molar-refractivity contribution in [1.29, 1.82) is 0 Å². The first kappa shape index (κ1) is 11.1. The molecular weight excluding hydrogens is 199 g/mol. The van der Waals surface area contributed by atoms with E-state index in [9.17, 15) is 0 Å². The third-order valence-corrected chi connectivity index (χ3v) is 2.96. The number of hydrogen-bond acceptors (Lipinski definition) is 3. The molecule has 0 spiro atoms. The molecule has 4 heteroatoms. The molecule has 1 unspecified atom stereocenters. The largest absolute Gasteiger partial charge is 0.496 e. The Hall–Kier alpha value is -0.950. The lowest BCUT2D eigenvalue weighted by Crippen LogP contribution is -2.06. The van der Waals surface area contributed by atoms with E-state index >= 15 is 0 Å². The third kappa shape index (κ3) is 2.10. The molecule has 0 saturated carbocycles. The van der Waals surface area contributed by atoms with Crippen LogP contribution in [0, 0.1) is 0 Å². The summed E-state index contributed by atoms with van der Waals surface area (Å²) in [5.74, 6) is 2.39. The molecule has 78 valence electrons. The molecule has 0 aliphatic carbocycles. The Morgan fingerprint density at radius 2 is 1.43 bits per heavy atom. The zero-order valence-electron chi connectivity index (χ0n) is 8.88. The smallest absolute Gasteiger partial charge is 0.133 e. The molecule has 0 radical (unpaired) electrons. The standard InChI is InChI=1S/C10H15O3P/c1-11-7-5-8(12-2)10(14-4)9(6-7)13-3/h5-6,14H,1-4H3. The molecule has 0 bridgehead atoms. The minimum Gasteiger partial charge on any atom is -0.496 e. The molecule has 0 amide bonds. The molecule has 1 rings (SSSR count). The Kier molecular flexibility index (Phi) is 4.02. The van der Waals surface area contributed by atoms with Crippen LogP contribution in [-0.4, -0.2) is 28.0 Å². The molecule has 14 heavy (non-hydrogen) atoms. The Bertz CT molecular complexity index is 287. The van der Waals surface area contributed by atoms with Crippen LogP contribution in [-0.2, 0) is 0 Å². The van der Waals surface area contributed by atoms with Crippen LogP contribution in [0.15, 0.2) is 12.1 Å². The highest BCUT2D eigenvalue weighted by molar-refractivity contribution is 7.46. The average Bonchev–Trinajstić information content (AvgIpc) is 2.26. The highest BCUT2D eigenvalue weighted by atomic mass is 31.1. The Labute approximate surface area is 86.1 Å². The molecular formula is C10H15O3P. The number of ether oxygens (including phenoxy) is 3. The van der Waals surface area contributed by atoms with Gasteiger partial charge in [-0.1, -0.05) is 8.58 Å². The fraction of sp³-hybridized carbons (Fsp3) is 0.400. The number of benzene rings is 1. The lowest BCUT2D eigenvalue weighted by Gasteiger charge is -2.13. The van der Waals surface area contributed by atoms with E-state index in [1.54, 1.807) is 21.3 Å². The van der Waals surface area contributed by atoms with Crippen LogP contribution in [0.3, 0.4) is 0 Å². The van der Waals surface area contributed by atoms with Gasteiger partial charge in [-0.3, -0.25) is 0 Å². The second kappa shape index (κ2) is 5.06. The van der Waals surface area contributed by atoms with Crippen molar-refractivity contribution in [3.8, 4) is 17.2 Å². The van der Waals surface area contributed by atoms with Crippen LogP contribution in [0.25, 0.3) is 0 Å². The minimum absolute atomic E-state index is 0.634. The third-order valence-electron chi connectivity index (χ3n) is 1.97. The lowest BCUT2D eigenvalue weighted by atomic mass is 10.3. The van der Waals surface area contributed by atoms with Crippen molar-refractivity contribution in [2.24, 2.45) is 0 Å². The first-order valence-electron chi connectivity index (χ1n) is 4.24. The quantitative estimate of drug-likeness (QED) is 0.713. The molecule has 1 aromatic carbocycles. The summed E-state index contributed by atoms with van der Waals surface area (Å²) in [5.41, 5.74) is 0. The van der Waals surface area contributed by atoms with Crippen LogP contribution in [0.4, 0.5) is 0 Å². The molecule has 0 fully saturated rings. The molecule has 0 saturated heterocycles. The van der Waals surface area contributed by atoms with Crippen LogP contribution in [0.2, 0.25) is 0 Å². The van der Waals surface area contributed by atoms with Crippen LogP contribution in [0.1, 0.15) is 0 Å². The van der Waals surface area contributed by atoms with E-state index in [2.05, 4.69) is 6.66 Å². The predicted octanol–water partition coefficient (Wildman–Crippen LogP) is 1.65. The summed E-state index contributed by atoms with van der Waals surface area (Å²) < 4.78 is 15.7. The predicted molar refractivity (Wildman–Crippen MR) is 60.0 cm³/mol. The Morgan fingerprint density at radius 3 is 1.71 bits per heavy atom. The van der Waals surface area contributed by atoms with Gasteiger partial charge in [-0.15, -0.1) is 0 Å². The van der Waals surface area contributed by atoms with E-state index < -0.39 is 0 Å². The second-order valence-corrected chi connectivity index (χ2v) is 3.66. The van der Waals surface area contributed by atoms with Gasteiger partial charge in [0.25, 0.3) is 0 Å². The summed E-state index contributed by atoms with van der Waals surface area (Å²) in [7, 11) is 5.56. The fourth-order valence-corrected chi connectivity index (χ4v) is 2.09. The van der Waals surface area contributed by atoms with Gasteiger partial charge in [0.1, 0.15) is 17.2 Å². The van der Waals surface area contributed by atoms with E-state index in [-0.39, 0.29) is 0 Å². The monoisotopic (exact) mass is 214 g/mol. The molecule has 0 aliphatic rings. The summed E-state index contributed by atoms with van der Waals surface area (Å²) in [6.45, 7) is 2.09. The lowest BCUT2D eigenvalue weighted by molar-refractivity contribution is 0.380. The summed E-state index contributed by atoms with van der Waals surface area (Å²) in [6.07, 6.45) is 0. The molecule has 1 atom stereocenters. The second-order valence-electron chi connectivity index (χ2n) is 2.66. The SMILES string of the molecule is COc1cc(OC)c(PC)c(OC)c1. The normalized spacial score (nSPS) is 10.6. The summed E-state index contributed by atoms with van der Waals surface area (Å²) in [4.78, 5) is 0. The first-order valence-corrected chi connectivity index (χ1v) is 5.74. The van der Waals surface area contributed by atoms with Gasteiger partial charge in [-0.05, 0) is 6.66 Å². The molecule has 0 aromatic heterocycles. The van der Waals surface area contributed by atoms with E-state index in [0.717, 1.165) is 22.6 Å². The van der Waals surface area contributed by atoms with Crippen molar-refractivity contribution < 1.29 is 14.2 Å². The van der Waals surface area contributed by atoms with E-state index in [4.69, 9.17) is 14.2 Å². The van der Waals surface area contributed by atoms with Crippen LogP contribution in [0.5, 0.6) is 17.2 Å². The van der Waals surface area contributed by atoms with Crippen LogP contribution < -0.4 is 19.5 Å². The van der Waals surface area contributed by atoms with Gasteiger partial charge in [-0.25, -0.2) is 0 Å². The topological polar surface area (TPSA) is 27.7 Å². The maximum absolute atomic E-state index is 5.27. The molecule has 1 aromatic rings. The van der Waals surface area contributed by atoms with Gasteiger partial charge < -0.3 is 14.2 Å². The van der Waals surface area contributed by atoms with Gasteiger partial charge >= 0.3 is 0 Å². The number of rotatable bonds is 4. The summed E-state index contributed by atoms with van der Waals surface area (Å²) in [5, 5.41) is 1.09. The van der Waals surface area contributed by atoms with Crippen molar-refractivity contribution in [1.82, 2.24) is 0 Å². The highest BCUT2D eigenvalue weighted by Gasteiger charge is 2.10. The van der Waals surface area contributed by atoms with Gasteiger partial charge in [0.2, 0.25) is 0 Å². The molecule has 0 N–H and O–H groups in total. The van der Waals surface area contributed by atoms with Crippen molar-refractivity contribution in [2.45, 2.75) is 0 Å². The van der Waals surface area contributed by atoms with E-state index in [1.807, 2.05) is 12.1 Å². The Balaban J connectivity index is 3.24. The average molecular weight is 214 g/mol. The van der Waals surface area contributed by atoms with Crippen molar-refractivity contribution in [3.05, 3.63) is 12.1 Å². The number of hydrogen-bond donors (Lipinski definition) is 0. The van der Waals surface area contributed by atoms with Crippen molar-refractivity contribution in [2.75, 3.05) is 28.0 Å². The fourth-order valence-electron chi connectivity index (χ4n) is 1.25. The zero-order valence-corrected chi connectivity index (χ0v) is 9.88. The van der Waals surface area contributed by atoms with Crippen LogP contribution >= 0.6 is 8.58 Å².